The third kappa shape index (κ3) is 7.69. The molecule has 0 spiro atoms. The molecule has 1 aliphatic carbocycles. The number of rotatable bonds is 12. The minimum absolute atomic E-state index is 0.388. The predicted octanol–water partition coefficient (Wildman–Crippen LogP) is 7.82. The SMILES string of the molecule is CCNCC.COCCn1nc(C2CC2)c2c1COCCCCn1c(C(=O)O)c(CCCOc3cccc4ccccc34)c3cccc-2c31. The average Bonchev–Trinajstić information content (AvgIpc) is 3.83. The van der Waals surface area contributed by atoms with E-state index in [0.29, 0.717) is 64.0 Å². The van der Waals surface area contributed by atoms with Gasteiger partial charge in [-0.3, -0.25) is 4.68 Å². The molecule has 0 atom stereocenters. The molecule has 0 radical (unpaired) electrons. The molecule has 2 aromatic heterocycles. The molecule has 0 unspecified atom stereocenters. The molecule has 9 heteroatoms. The number of fused-ring (bicyclic) bond motifs is 3. The summed E-state index contributed by atoms with van der Waals surface area (Å²) in [5.74, 6) is 0.385. The van der Waals surface area contributed by atoms with E-state index in [4.69, 9.17) is 19.3 Å². The lowest BCUT2D eigenvalue weighted by Gasteiger charge is -2.13. The number of benzene rings is 3. The maximum absolute atomic E-state index is 13.0. The maximum atomic E-state index is 13.0. The van der Waals surface area contributed by atoms with Gasteiger partial charge in [-0.25, -0.2) is 4.79 Å². The summed E-state index contributed by atoms with van der Waals surface area (Å²) < 4.78 is 22.0. The summed E-state index contributed by atoms with van der Waals surface area (Å²) in [5.41, 5.74) is 6.57. The molecule has 260 valence electrons. The molecule has 1 saturated carbocycles. The van der Waals surface area contributed by atoms with Gasteiger partial charge in [0.25, 0.3) is 0 Å². The van der Waals surface area contributed by atoms with E-state index >= 15 is 0 Å². The Hall–Kier alpha value is -4.18. The molecular formula is C40H50N4O5. The van der Waals surface area contributed by atoms with Crippen molar-refractivity contribution >= 4 is 27.6 Å². The minimum atomic E-state index is -0.887. The number of hydrogen-bond donors (Lipinski definition) is 2. The van der Waals surface area contributed by atoms with Gasteiger partial charge >= 0.3 is 5.97 Å². The van der Waals surface area contributed by atoms with Crippen molar-refractivity contribution in [1.29, 1.82) is 0 Å². The van der Waals surface area contributed by atoms with Crippen LogP contribution in [-0.2, 0) is 35.6 Å². The number of carboxylic acid groups (broad SMARTS) is 1. The van der Waals surface area contributed by atoms with Gasteiger partial charge in [-0.05, 0) is 68.6 Å². The Labute approximate surface area is 289 Å². The Kier molecular flexibility index (Phi) is 11.7. The number of carbonyl (C=O) groups is 1. The molecule has 2 N–H and O–H groups in total. The summed E-state index contributed by atoms with van der Waals surface area (Å²) in [7, 11) is 1.71. The van der Waals surface area contributed by atoms with Crippen molar-refractivity contribution in [1.82, 2.24) is 19.7 Å². The van der Waals surface area contributed by atoms with E-state index in [1.165, 1.54) is 0 Å². The lowest BCUT2D eigenvalue weighted by molar-refractivity contribution is 0.0683. The summed E-state index contributed by atoms with van der Waals surface area (Å²) in [6, 6.07) is 20.6. The van der Waals surface area contributed by atoms with Gasteiger partial charge in [-0.15, -0.1) is 0 Å². The molecule has 1 fully saturated rings. The summed E-state index contributed by atoms with van der Waals surface area (Å²) >= 11 is 0. The molecule has 7 rings (SSSR count). The number of para-hydroxylation sites is 1. The zero-order valence-electron chi connectivity index (χ0n) is 29.2. The molecular weight excluding hydrogens is 616 g/mol. The van der Waals surface area contributed by atoms with Gasteiger partial charge in [0.15, 0.2) is 0 Å². The Morgan fingerprint density at radius 3 is 2.53 bits per heavy atom. The number of carboxylic acids is 1. The standard InChI is InChI=1S/C36H39N3O5.C4H11N/c1-42-22-19-39-30-23-43-20-5-4-18-38-34-27(12-7-13-29(34)32(30)33(37-39)25-16-17-25)28(35(38)36(40)41)14-8-21-44-31-15-6-10-24-9-2-3-11-26(24)31;1-3-5-4-2/h2-3,6-7,9-13,15,25H,4-5,8,14,16-23H2,1H3,(H,40,41);5H,3-4H2,1-2H3. The van der Waals surface area contributed by atoms with Crippen LogP contribution in [0.3, 0.4) is 0 Å². The van der Waals surface area contributed by atoms with Crippen LogP contribution in [0.5, 0.6) is 5.75 Å². The summed E-state index contributed by atoms with van der Waals surface area (Å²) in [5, 5.41) is 22.1. The van der Waals surface area contributed by atoms with Crippen molar-refractivity contribution in [2.75, 3.05) is 40.0 Å². The van der Waals surface area contributed by atoms with Crippen LogP contribution in [0.25, 0.3) is 32.8 Å². The Bertz CT molecular complexity index is 1860. The van der Waals surface area contributed by atoms with Crippen LogP contribution >= 0.6 is 0 Å². The zero-order valence-corrected chi connectivity index (χ0v) is 29.2. The normalized spacial score (nSPS) is 14.6. The third-order valence-electron chi connectivity index (χ3n) is 9.45. The molecule has 2 aliphatic rings. The smallest absolute Gasteiger partial charge is 0.352 e. The first-order chi connectivity index (χ1) is 24.1. The van der Waals surface area contributed by atoms with Gasteiger partial charge in [-0.1, -0.05) is 68.4 Å². The van der Waals surface area contributed by atoms with Crippen molar-refractivity contribution < 1.29 is 24.1 Å². The van der Waals surface area contributed by atoms with E-state index in [0.717, 1.165) is 94.3 Å². The van der Waals surface area contributed by atoms with Gasteiger partial charge < -0.3 is 29.2 Å². The summed E-state index contributed by atoms with van der Waals surface area (Å²) in [4.78, 5) is 13.0. The molecule has 0 bridgehead atoms. The molecule has 3 aromatic carbocycles. The number of ether oxygens (including phenoxy) is 3. The first-order valence-electron chi connectivity index (χ1n) is 17.9. The number of aryl methyl sites for hydroxylation is 2. The Morgan fingerprint density at radius 2 is 1.78 bits per heavy atom. The molecule has 9 nitrogen and oxygen atoms in total. The van der Waals surface area contributed by atoms with Crippen molar-refractivity contribution in [3.05, 3.63) is 83.3 Å². The van der Waals surface area contributed by atoms with Crippen molar-refractivity contribution in [3.63, 3.8) is 0 Å². The van der Waals surface area contributed by atoms with Crippen LogP contribution in [-0.4, -0.2) is 65.4 Å². The topological polar surface area (TPSA) is 99.8 Å². The molecule has 5 aromatic rings. The number of nitrogens with one attached hydrogen (secondary N) is 1. The van der Waals surface area contributed by atoms with E-state index in [-0.39, 0.29) is 0 Å². The van der Waals surface area contributed by atoms with Crippen LogP contribution in [0.1, 0.15) is 79.3 Å². The van der Waals surface area contributed by atoms with Gasteiger partial charge in [0, 0.05) is 48.1 Å². The third-order valence-corrected chi connectivity index (χ3v) is 9.45. The fourth-order valence-corrected chi connectivity index (χ4v) is 7.01. The quantitative estimate of drug-likeness (QED) is 0.131. The molecule has 3 heterocycles. The van der Waals surface area contributed by atoms with E-state index in [2.05, 4.69) is 64.8 Å². The van der Waals surface area contributed by atoms with Crippen molar-refractivity contribution in [3.8, 4) is 16.9 Å². The highest BCUT2D eigenvalue weighted by Crippen LogP contribution is 2.47. The van der Waals surface area contributed by atoms with E-state index in [9.17, 15) is 9.90 Å². The van der Waals surface area contributed by atoms with Crippen LogP contribution in [0.2, 0.25) is 0 Å². The average molecular weight is 667 g/mol. The lowest BCUT2D eigenvalue weighted by atomic mass is 9.96. The number of hydrogen-bond acceptors (Lipinski definition) is 6. The molecule has 0 amide bonds. The fraction of sp³-hybridized carbons (Fsp3) is 0.450. The van der Waals surface area contributed by atoms with Gasteiger partial charge in [0.1, 0.15) is 11.4 Å². The van der Waals surface area contributed by atoms with Gasteiger partial charge in [0.05, 0.1) is 43.3 Å². The van der Waals surface area contributed by atoms with Crippen LogP contribution < -0.4 is 10.1 Å². The number of aromatic carboxylic acids is 1. The first-order valence-corrected chi connectivity index (χ1v) is 17.9. The van der Waals surface area contributed by atoms with E-state index in [1.807, 2.05) is 24.3 Å². The monoisotopic (exact) mass is 666 g/mol. The largest absolute Gasteiger partial charge is 0.493 e. The van der Waals surface area contributed by atoms with Crippen molar-refractivity contribution in [2.24, 2.45) is 0 Å². The second-order valence-electron chi connectivity index (χ2n) is 12.8. The van der Waals surface area contributed by atoms with Gasteiger partial charge in [-0.2, -0.15) is 5.10 Å². The van der Waals surface area contributed by atoms with Crippen LogP contribution in [0.4, 0.5) is 0 Å². The van der Waals surface area contributed by atoms with Crippen molar-refractivity contribution in [2.45, 2.75) is 78.0 Å². The number of aromatic nitrogens is 3. The van der Waals surface area contributed by atoms with Crippen LogP contribution in [0.15, 0.2) is 60.7 Å². The highest BCUT2D eigenvalue weighted by Gasteiger charge is 2.34. The van der Waals surface area contributed by atoms with E-state index < -0.39 is 5.97 Å². The second-order valence-corrected chi connectivity index (χ2v) is 12.8. The second kappa shape index (κ2) is 16.5. The molecule has 49 heavy (non-hydrogen) atoms. The summed E-state index contributed by atoms with van der Waals surface area (Å²) in [6.07, 6.45) is 5.24. The highest BCUT2D eigenvalue weighted by molar-refractivity contribution is 6.04. The summed E-state index contributed by atoms with van der Waals surface area (Å²) in [6.45, 7) is 9.81. The van der Waals surface area contributed by atoms with Crippen LogP contribution in [0, 0.1) is 0 Å². The molecule has 0 saturated heterocycles. The minimum Gasteiger partial charge on any atom is -0.493 e. The van der Waals surface area contributed by atoms with E-state index in [1.54, 1.807) is 7.11 Å². The molecule has 1 aliphatic heterocycles. The Balaban J connectivity index is 0.000000778. The fourth-order valence-electron chi connectivity index (χ4n) is 7.01. The first kappa shape index (κ1) is 34.7. The maximum Gasteiger partial charge on any atom is 0.352 e. The van der Waals surface area contributed by atoms with Gasteiger partial charge in [0.2, 0.25) is 0 Å². The number of nitrogens with zero attached hydrogens (tertiary/aromatic N) is 3. The predicted molar refractivity (Wildman–Crippen MR) is 195 cm³/mol. The zero-order chi connectivity index (χ0) is 34.2. The lowest BCUT2D eigenvalue weighted by Crippen LogP contribution is -2.12. The number of methoxy groups -OCH3 is 1. The Morgan fingerprint density at radius 1 is 1.00 bits per heavy atom. The highest BCUT2D eigenvalue weighted by atomic mass is 16.5.